The van der Waals surface area contributed by atoms with Gasteiger partial charge in [-0.15, -0.1) is 0 Å². The maximum Gasteiger partial charge on any atom is 0.160 e. The molecule has 3 atom stereocenters. The molecule has 0 heterocycles. The lowest BCUT2D eigenvalue weighted by Crippen LogP contribution is -2.03. The van der Waals surface area contributed by atoms with Crippen LogP contribution in [0.25, 0.3) is 0 Å². The topological polar surface area (TPSA) is 20.2 Å². The van der Waals surface area contributed by atoms with Crippen molar-refractivity contribution in [2.24, 2.45) is 11.8 Å². The number of aliphatic hydroxyl groups is 1. The van der Waals surface area contributed by atoms with E-state index >= 15 is 0 Å². The van der Waals surface area contributed by atoms with Gasteiger partial charge in [-0.3, -0.25) is 0 Å². The number of hydrogen-bond donors (Lipinski definition) is 1. The maximum atomic E-state index is 13.0. The van der Waals surface area contributed by atoms with Crippen LogP contribution in [0.5, 0.6) is 0 Å². The van der Waals surface area contributed by atoms with Gasteiger partial charge in [0.1, 0.15) is 0 Å². The van der Waals surface area contributed by atoms with E-state index in [1.807, 2.05) is 6.92 Å². The Morgan fingerprint density at radius 3 is 2.47 bits per heavy atom. The van der Waals surface area contributed by atoms with Crippen molar-refractivity contribution in [2.45, 2.75) is 19.4 Å². The van der Waals surface area contributed by atoms with Gasteiger partial charge >= 0.3 is 0 Å². The lowest BCUT2D eigenvalue weighted by atomic mass is 10.0. The van der Waals surface area contributed by atoms with Gasteiger partial charge in [0, 0.05) is 10.6 Å². The Hall–Kier alpha value is -0.670. The molecule has 1 aliphatic rings. The quantitative estimate of drug-likeness (QED) is 0.776. The summed E-state index contributed by atoms with van der Waals surface area (Å²) in [5.41, 5.74) is 0.282. The molecular weight excluding hydrogens is 222 g/mol. The third-order valence-corrected chi connectivity index (χ3v) is 3.26. The molecule has 1 aliphatic carbocycles. The van der Waals surface area contributed by atoms with Crippen LogP contribution in [0.1, 0.15) is 25.0 Å². The molecule has 1 saturated carbocycles. The predicted molar refractivity (Wildman–Crippen MR) is 53.6 cm³/mol. The smallest absolute Gasteiger partial charge is 0.160 e. The number of halogens is 3. The van der Waals surface area contributed by atoms with Gasteiger partial charge in [-0.25, -0.2) is 8.78 Å². The van der Waals surface area contributed by atoms with Crippen molar-refractivity contribution in [3.63, 3.8) is 0 Å². The molecule has 1 nitrogen and oxygen atoms in total. The van der Waals surface area contributed by atoms with Crippen molar-refractivity contribution in [1.82, 2.24) is 0 Å². The summed E-state index contributed by atoms with van der Waals surface area (Å²) in [6.45, 7) is 2.00. The summed E-state index contributed by atoms with van der Waals surface area (Å²) in [5.74, 6) is -1.42. The zero-order chi connectivity index (χ0) is 11.2. The molecule has 82 valence electrons. The molecule has 1 fully saturated rings. The van der Waals surface area contributed by atoms with Crippen molar-refractivity contribution in [3.8, 4) is 0 Å². The molecular formula is C11H11ClF2O. The average Bonchev–Trinajstić information content (AvgIpc) is 2.88. The molecule has 1 aromatic carbocycles. The Labute approximate surface area is 91.7 Å². The second-order valence-electron chi connectivity index (χ2n) is 4.11. The van der Waals surface area contributed by atoms with E-state index in [2.05, 4.69) is 0 Å². The van der Waals surface area contributed by atoms with Crippen LogP contribution in [-0.2, 0) is 0 Å². The fraction of sp³-hybridized carbons (Fsp3) is 0.455. The molecule has 2 rings (SSSR count). The minimum atomic E-state index is -0.986. The van der Waals surface area contributed by atoms with Crippen LogP contribution in [-0.4, -0.2) is 5.11 Å². The maximum absolute atomic E-state index is 13.0. The summed E-state index contributed by atoms with van der Waals surface area (Å²) in [6.07, 6.45) is 0.110. The molecule has 0 aromatic heterocycles. The molecule has 15 heavy (non-hydrogen) atoms. The Bertz CT molecular complexity index is 394. The second kappa shape index (κ2) is 3.72. The van der Waals surface area contributed by atoms with E-state index in [9.17, 15) is 13.9 Å². The van der Waals surface area contributed by atoms with Gasteiger partial charge in [0.05, 0.1) is 6.10 Å². The van der Waals surface area contributed by atoms with Gasteiger partial charge in [-0.1, -0.05) is 18.5 Å². The Morgan fingerprint density at radius 2 is 1.93 bits per heavy atom. The van der Waals surface area contributed by atoms with Crippen molar-refractivity contribution >= 4 is 11.6 Å². The molecule has 0 aliphatic heterocycles. The molecule has 0 saturated heterocycles. The first-order chi connectivity index (χ1) is 7.00. The van der Waals surface area contributed by atoms with E-state index in [1.54, 1.807) is 0 Å². The molecule has 0 bridgehead atoms. The zero-order valence-electron chi connectivity index (χ0n) is 8.17. The fourth-order valence-electron chi connectivity index (χ4n) is 1.79. The SMILES string of the molecule is CC1CC1C(O)c1cc(F)c(F)cc1Cl. The molecule has 0 amide bonds. The minimum Gasteiger partial charge on any atom is -0.388 e. The van der Waals surface area contributed by atoms with Crippen LogP contribution < -0.4 is 0 Å². The summed E-state index contributed by atoms with van der Waals surface area (Å²) in [5, 5.41) is 9.94. The lowest BCUT2D eigenvalue weighted by Gasteiger charge is -2.12. The summed E-state index contributed by atoms with van der Waals surface area (Å²) >= 11 is 5.75. The van der Waals surface area contributed by atoms with E-state index in [0.29, 0.717) is 5.92 Å². The van der Waals surface area contributed by atoms with E-state index in [0.717, 1.165) is 18.6 Å². The first kappa shape index (κ1) is 10.8. The third kappa shape index (κ3) is 1.99. The first-order valence-electron chi connectivity index (χ1n) is 4.83. The Kier molecular flexibility index (Phi) is 2.69. The second-order valence-corrected chi connectivity index (χ2v) is 4.52. The zero-order valence-corrected chi connectivity index (χ0v) is 8.93. The van der Waals surface area contributed by atoms with Crippen molar-refractivity contribution in [1.29, 1.82) is 0 Å². The molecule has 4 heteroatoms. The van der Waals surface area contributed by atoms with Crippen LogP contribution in [0.3, 0.4) is 0 Å². The standard InChI is InChI=1S/C11H11ClF2O/c1-5-2-6(5)11(15)7-3-9(13)10(14)4-8(7)12/h3-6,11,15H,2H2,1H3. The van der Waals surface area contributed by atoms with Crippen molar-refractivity contribution < 1.29 is 13.9 Å². The van der Waals surface area contributed by atoms with E-state index in [4.69, 9.17) is 11.6 Å². The van der Waals surface area contributed by atoms with Gasteiger partial charge in [0.2, 0.25) is 0 Å². The lowest BCUT2D eigenvalue weighted by molar-refractivity contribution is 0.147. The van der Waals surface area contributed by atoms with Crippen LogP contribution >= 0.6 is 11.6 Å². The first-order valence-corrected chi connectivity index (χ1v) is 5.21. The van der Waals surface area contributed by atoms with Gasteiger partial charge in [-0.05, 0) is 30.4 Å². The van der Waals surface area contributed by atoms with E-state index in [1.165, 1.54) is 0 Å². The van der Waals surface area contributed by atoms with Crippen molar-refractivity contribution in [2.75, 3.05) is 0 Å². The van der Waals surface area contributed by atoms with Crippen LogP contribution in [0, 0.1) is 23.5 Å². The summed E-state index contributed by atoms with van der Waals surface area (Å²) < 4.78 is 25.7. The van der Waals surface area contributed by atoms with Crippen molar-refractivity contribution in [3.05, 3.63) is 34.4 Å². The Balaban J connectivity index is 2.31. The highest BCUT2D eigenvalue weighted by Crippen LogP contribution is 2.48. The van der Waals surface area contributed by atoms with Crippen LogP contribution in [0.4, 0.5) is 8.78 Å². The van der Waals surface area contributed by atoms with E-state index < -0.39 is 17.7 Å². The number of rotatable bonds is 2. The van der Waals surface area contributed by atoms with Crippen LogP contribution in [0.2, 0.25) is 5.02 Å². The third-order valence-electron chi connectivity index (χ3n) is 2.94. The molecule has 3 unspecified atom stereocenters. The van der Waals surface area contributed by atoms with Gasteiger partial charge < -0.3 is 5.11 Å². The fourth-order valence-corrected chi connectivity index (χ4v) is 2.05. The van der Waals surface area contributed by atoms with Gasteiger partial charge in [-0.2, -0.15) is 0 Å². The average molecular weight is 233 g/mol. The highest BCUT2D eigenvalue weighted by atomic mass is 35.5. The Morgan fingerprint density at radius 1 is 1.40 bits per heavy atom. The highest BCUT2D eigenvalue weighted by molar-refractivity contribution is 6.31. The largest absolute Gasteiger partial charge is 0.388 e. The molecule has 0 spiro atoms. The normalized spacial score (nSPS) is 26.5. The number of benzene rings is 1. The van der Waals surface area contributed by atoms with E-state index in [-0.39, 0.29) is 16.5 Å². The molecule has 1 N–H and O–H groups in total. The summed E-state index contributed by atoms with van der Waals surface area (Å²) in [7, 11) is 0. The minimum absolute atomic E-state index is 0.0838. The molecule has 0 radical (unpaired) electrons. The van der Waals surface area contributed by atoms with Gasteiger partial charge in [0.15, 0.2) is 11.6 Å². The predicted octanol–water partition coefficient (Wildman–Crippen LogP) is 3.31. The number of hydrogen-bond acceptors (Lipinski definition) is 1. The van der Waals surface area contributed by atoms with Crippen LogP contribution in [0.15, 0.2) is 12.1 Å². The number of aliphatic hydroxyl groups excluding tert-OH is 1. The summed E-state index contributed by atoms with van der Waals surface area (Å²) in [4.78, 5) is 0. The molecule has 1 aromatic rings. The highest BCUT2D eigenvalue weighted by Gasteiger charge is 2.40. The monoisotopic (exact) mass is 232 g/mol. The summed E-state index contributed by atoms with van der Waals surface area (Å²) in [6, 6.07) is 1.88. The van der Waals surface area contributed by atoms with Gasteiger partial charge in [0.25, 0.3) is 0 Å².